The molecule has 158 valence electrons. The topological polar surface area (TPSA) is 110 Å². The van der Waals surface area contributed by atoms with E-state index in [4.69, 9.17) is 8.83 Å². The van der Waals surface area contributed by atoms with Gasteiger partial charge in [0.25, 0.3) is 11.8 Å². The number of rotatable bonds is 5. The fourth-order valence-corrected chi connectivity index (χ4v) is 4.30. The molecule has 30 heavy (non-hydrogen) atoms. The molecule has 0 aliphatic carbocycles. The summed E-state index contributed by atoms with van der Waals surface area (Å²) in [7, 11) is -0.573. The summed E-state index contributed by atoms with van der Waals surface area (Å²) in [4.78, 5) is 14.7. The maximum Gasteiger partial charge on any atom is 0.253 e. The van der Waals surface area contributed by atoms with E-state index in [-0.39, 0.29) is 16.7 Å². The van der Waals surface area contributed by atoms with Crippen molar-refractivity contribution in [2.75, 3.05) is 27.2 Å². The zero-order chi connectivity index (χ0) is 21.3. The molecule has 3 aromatic rings. The molecule has 0 radical (unpaired) electrons. The van der Waals surface area contributed by atoms with E-state index in [0.717, 1.165) is 9.87 Å². The third-order valence-corrected chi connectivity index (χ3v) is 7.05. The minimum absolute atomic E-state index is 0.0924. The SMILES string of the molecule is CN(C)S(=O)(=O)c1ccc(C(=O)N2CCC(c3nnc(-c4ccoc4)o3)CC2)cc1. The Morgan fingerprint density at radius 2 is 1.80 bits per heavy atom. The fraction of sp³-hybridized carbons (Fsp3) is 0.350. The average Bonchev–Trinajstić information content (AvgIpc) is 3.45. The quantitative estimate of drug-likeness (QED) is 0.612. The number of amides is 1. The van der Waals surface area contributed by atoms with Crippen molar-refractivity contribution in [2.45, 2.75) is 23.7 Å². The molecule has 1 amide bonds. The van der Waals surface area contributed by atoms with Crippen molar-refractivity contribution in [3.8, 4) is 11.5 Å². The number of nitrogens with zero attached hydrogens (tertiary/aromatic N) is 4. The number of piperidine rings is 1. The normalized spacial score (nSPS) is 15.6. The molecular formula is C20H22N4O5S. The fourth-order valence-electron chi connectivity index (χ4n) is 3.39. The molecule has 4 rings (SSSR count). The second kappa shape index (κ2) is 8.04. The van der Waals surface area contributed by atoms with Gasteiger partial charge in [-0.2, -0.15) is 0 Å². The van der Waals surface area contributed by atoms with Gasteiger partial charge >= 0.3 is 0 Å². The molecule has 0 bridgehead atoms. The Labute approximate surface area is 174 Å². The minimum Gasteiger partial charge on any atom is -0.472 e. The summed E-state index contributed by atoms with van der Waals surface area (Å²) in [6.45, 7) is 1.12. The molecule has 1 saturated heterocycles. The predicted molar refractivity (Wildman–Crippen MR) is 107 cm³/mol. The van der Waals surface area contributed by atoms with Crippen LogP contribution in [0, 0.1) is 0 Å². The van der Waals surface area contributed by atoms with Crippen LogP contribution in [0.15, 0.2) is 56.6 Å². The van der Waals surface area contributed by atoms with Gasteiger partial charge in [-0.25, -0.2) is 12.7 Å². The maximum absolute atomic E-state index is 12.8. The summed E-state index contributed by atoms with van der Waals surface area (Å²) in [5, 5.41) is 8.21. The Hall–Kier alpha value is -2.98. The summed E-state index contributed by atoms with van der Waals surface area (Å²) in [6, 6.07) is 7.80. The van der Waals surface area contributed by atoms with Crippen LogP contribution in [0.3, 0.4) is 0 Å². The van der Waals surface area contributed by atoms with Crippen LogP contribution in [-0.4, -0.2) is 60.9 Å². The second-order valence-electron chi connectivity index (χ2n) is 7.34. The number of likely N-dealkylation sites (tertiary alicyclic amines) is 1. The van der Waals surface area contributed by atoms with E-state index < -0.39 is 10.0 Å². The van der Waals surface area contributed by atoms with Gasteiger partial charge in [0.1, 0.15) is 6.26 Å². The molecule has 0 saturated carbocycles. The molecule has 0 atom stereocenters. The molecule has 3 heterocycles. The first-order valence-electron chi connectivity index (χ1n) is 9.54. The Kier molecular flexibility index (Phi) is 5.44. The number of hydrogen-bond donors (Lipinski definition) is 0. The molecule has 1 fully saturated rings. The molecule has 2 aromatic heterocycles. The molecule has 0 N–H and O–H groups in total. The monoisotopic (exact) mass is 430 g/mol. The number of carbonyl (C=O) groups is 1. The molecule has 0 unspecified atom stereocenters. The second-order valence-corrected chi connectivity index (χ2v) is 9.49. The standard InChI is InChI=1S/C20H22N4O5S/c1-23(2)30(26,27)17-5-3-15(4-6-17)20(25)24-10-7-14(8-11-24)18-21-22-19(29-18)16-9-12-28-13-16/h3-6,9,12-14H,7-8,10-11H2,1-2H3. The average molecular weight is 430 g/mol. The third kappa shape index (κ3) is 3.88. The first-order valence-corrected chi connectivity index (χ1v) is 11.0. The van der Waals surface area contributed by atoms with E-state index in [1.807, 2.05) is 0 Å². The Morgan fingerprint density at radius 1 is 1.10 bits per heavy atom. The van der Waals surface area contributed by atoms with Crippen molar-refractivity contribution < 1.29 is 22.0 Å². The summed E-state index contributed by atoms with van der Waals surface area (Å²) >= 11 is 0. The van der Waals surface area contributed by atoms with Crippen LogP contribution in [0.1, 0.15) is 35.0 Å². The summed E-state index contributed by atoms with van der Waals surface area (Å²) < 4.78 is 36.3. The van der Waals surface area contributed by atoms with Gasteiger partial charge in [0.05, 0.1) is 16.7 Å². The lowest BCUT2D eigenvalue weighted by molar-refractivity contribution is 0.0706. The van der Waals surface area contributed by atoms with Gasteiger partial charge in [-0.1, -0.05) is 0 Å². The van der Waals surface area contributed by atoms with Crippen LogP contribution in [0.25, 0.3) is 11.5 Å². The van der Waals surface area contributed by atoms with Crippen LogP contribution in [0.5, 0.6) is 0 Å². The van der Waals surface area contributed by atoms with Gasteiger partial charge in [0.2, 0.25) is 15.9 Å². The Bertz CT molecular complexity index is 1110. The van der Waals surface area contributed by atoms with Crippen LogP contribution in [-0.2, 0) is 10.0 Å². The molecule has 1 aliphatic rings. The van der Waals surface area contributed by atoms with Crippen molar-refractivity contribution >= 4 is 15.9 Å². The lowest BCUT2D eigenvalue weighted by Gasteiger charge is -2.30. The van der Waals surface area contributed by atoms with E-state index in [1.165, 1.54) is 26.2 Å². The van der Waals surface area contributed by atoms with Gasteiger partial charge in [-0.05, 0) is 43.2 Å². The summed E-state index contributed by atoms with van der Waals surface area (Å²) in [5.41, 5.74) is 1.20. The number of hydrogen-bond acceptors (Lipinski definition) is 7. The van der Waals surface area contributed by atoms with Crippen LogP contribution < -0.4 is 0 Å². The molecule has 1 aliphatic heterocycles. The third-order valence-electron chi connectivity index (χ3n) is 5.22. The van der Waals surface area contributed by atoms with Gasteiger partial charge in [-0.15, -0.1) is 10.2 Å². The van der Waals surface area contributed by atoms with Gasteiger partial charge in [0, 0.05) is 38.7 Å². The highest BCUT2D eigenvalue weighted by atomic mass is 32.2. The van der Waals surface area contributed by atoms with Gasteiger partial charge in [0.15, 0.2) is 0 Å². The number of furan rings is 1. The number of carbonyl (C=O) groups excluding carboxylic acids is 1. The van der Waals surface area contributed by atoms with Crippen LogP contribution >= 0.6 is 0 Å². The molecule has 9 nitrogen and oxygen atoms in total. The zero-order valence-electron chi connectivity index (χ0n) is 16.7. The summed E-state index contributed by atoms with van der Waals surface area (Å²) in [5.74, 6) is 0.961. The van der Waals surface area contributed by atoms with Crippen molar-refractivity contribution in [2.24, 2.45) is 0 Å². The van der Waals surface area contributed by atoms with Gasteiger partial charge < -0.3 is 13.7 Å². The molecule has 0 spiro atoms. The van der Waals surface area contributed by atoms with Crippen molar-refractivity contribution in [1.82, 2.24) is 19.4 Å². The summed E-state index contributed by atoms with van der Waals surface area (Å²) in [6.07, 6.45) is 4.52. The van der Waals surface area contributed by atoms with E-state index in [2.05, 4.69) is 10.2 Å². The largest absolute Gasteiger partial charge is 0.472 e. The highest BCUT2D eigenvalue weighted by molar-refractivity contribution is 7.89. The van der Waals surface area contributed by atoms with Crippen LogP contribution in [0.4, 0.5) is 0 Å². The predicted octanol–water partition coefficient (Wildman–Crippen LogP) is 2.60. The highest BCUT2D eigenvalue weighted by Crippen LogP contribution is 2.30. The van der Waals surface area contributed by atoms with E-state index in [9.17, 15) is 13.2 Å². The number of aromatic nitrogens is 2. The van der Waals surface area contributed by atoms with E-state index >= 15 is 0 Å². The van der Waals surface area contributed by atoms with E-state index in [0.29, 0.717) is 43.3 Å². The smallest absolute Gasteiger partial charge is 0.253 e. The van der Waals surface area contributed by atoms with Crippen molar-refractivity contribution in [3.05, 3.63) is 54.3 Å². The molecule has 1 aromatic carbocycles. The van der Waals surface area contributed by atoms with Crippen molar-refractivity contribution in [1.29, 1.82) is 0 Å². The number of benzene rings is 1. The lowest BCUT2D eigenvalue weighted by atomic mass is 9.96. The lowest BCUT2D eigenvalue weighted by Crippen LogP contribution is -2.38. The molecular weight excluding hydrogens is 408 g/mol. The minimum atomic E-state index is -3.52. The van der Waals surface area contributed by atoms with Crippen molar-refractivity contribution in [3.63, 3.8) is 0 Å². The number of sulfonamides is 1. The first kappa shape index (κ1) is 20.3. The van der Waals surface area contributed by atoms with E-state index in [1.54, 1.807) is 35.6 Å². The highest BCUT2D eigenvalue weighted by Gasteiger charge is 2.28. The molecule has 10 heteroatoms. The zero-order valence-corrected chi connectivity index (χ0v) is 17.5. The Balaban J connectivity index is 1.39. The van der Waals surface area contributed by atoms with Crippen LogP contribution in [0.2, 0.25) is 0 Å². The Morgan fingerprint density at radius 3 is 2.40 bits per heavy atom. The maximum atomic E-state index is 12.8. The van der Waals surface area contributed by atoms with Gasteiger partial charge in [-0.3, -0.25) is 4.79 Å². The first-order chi connectivity index (χ1) is 14.4.